The van der Waals surface area contributed by atoms with E-state index in [0.29, 0.717) is 16.7 Å². The number of aromatic carboxylic acids is 1. The second-order valence-corrected chi connectivity index (χ2v) is 5.33. The van der Waals surface area contributed by atoms with Gasteiger partial charge in [-0.25, -0.2) is 9.59 Å². The maximum Gasteiger partial charge on any atom is 0.335 e. The minimum absolute atomic E-state index is 0.150. The molecule has 0 saturated carbocycles. The predicted octanol–water partition coefficient (Wildman–Crippen LogP) is 3.80. The van der Waals surface area contributed by atoms with Crippen LogP contribution in [0.5, 0.6) is 0 Å². The summed E-state index contributed by atoms with van der Waals surface area (Å²) in [5.41, 5.74) is 0.728. The Balaban J connectivity index is 2.87. The SMILES string of the molecule is CCC(C)N(CC)C(=O)Nc1ccc(C(=O)O)cc1Br. The number of carbonyl (C=O) groups is 2. The van der Waals surface area contributed by atoms with E-state index >= 15 is 0 Å². The first-order valence-electron chi connectivity index (χ1n) is 6.51. The number of hydrogen-bond acceptors (Lipinski definition) is 2. The first-order chi connectivity index (χ1) is 9.40. The molecule has 0 aliphatic carbocycles. The topological polar surface area (TPSA) is 69.6 Å². The fourth-order valence-electron chi connectivity index (χ4n) is 1.81. The van der Waals surface area contributed by atoms with E-state index in [1.165, 1.54) is 12.1 Å². The van der Waals surface area contributed by atoms with Crippen molar-refractivity contribution >= 4 is 33.6 Å². The largest absolute Gasteiger partial charge is 0.478 e. The van der Waals surface area contributed by atoms with E-state index in [-0.39, 0.29) is 17.6 Å². The lowest BCUT2D eigenvalue weighted by molar-refractivity contribution is 0.0697. The van der Waals surface area contributed by atoms with Crippen molar-refractivity contribution in [2.45, 2.75) is 33.2 Å². The molecule has 0 heterocycles. The van der Waals surface area contributed by atoms with E-state index in [9.17, 15) is 9.59 Å². The van der Waals surface area contributed by atoms with Gasteiger partial charge in [0.05, 0.1) is 11.3 Å². The first kappa shape index (κ1) is 16.5. The Morgan fingerprint density at radius 2 is 2.05 bits per heavy atom. The predicted molar refractivity (Wildman–Crippen MR) is 82.3 cm³/mol. The second-order valence-electron chi connectivity index (χ2n) is 4.47. The monoisotopic (exact) mass is 342 g/mol. The average molecular weight is 343 g/mol. The molecule has 1 atom stereocenters. The smallest absolute Gasteiger partial charge is 0.335 e. The van der Waals surface area contributed by atoms with Gasteiger partial charge < -0.3 is 15.3 Å². The molecular weight excluding hydrogens is 324 g/mol. The number of nitrogens with one attached hydrogen (secondary N) is 1. The zero-order valence-corrected chi connectivity index (χ0v) is 13.4. The van der Waals surface area contributed by atoms with Crippen molar-refractivity contribution in [1.82, 2.24) is 4.90 Å². The van der Waals surface area contributed by atoms with Gasteiger partial charge >= 0.3 is 12.0 Å². The van der Waals surface area contributed by atoms with Gasteiger partial charge in [0, 0.05) is 17.1 Å². The van der Waals surface area contributed by atoms with Crippen molar-refractivity contribution in [2.24, 2.45) is 0 Å². The van der Waals surface area contributed by atoms with Crippen molar-refractivity contribution in [2.75, 3.05) is 11.9 Å². The molecule has 1 aromatic rings. The Hall–Kier alpha value is -1.56. The Bertz CT molecular complexity index is 505. The van der Waals surface area contributed by atoms with Crippen LogP contribution in [0.15, 0.2) is 22.7 Å². The third kappa shape index (κ3) is 3.96. The maximum atomic E-state index is 12.2. The fourth-order valence-corrected chi connectivity index (χ4v) is 2.29. The van der Waals surface area contributed by atoms with Gasteiger partial charge in [-0.3, -0.25) is 0 Å². The normalized spacial score (nSPS) is 11.8. The van der Waals surface area contributed by atoms with E-state index in [4.69, 9.17) is 5.11 Å². The number of amides is 2. The zero-order chi connectivity index (χ0) is 15.3. The molecule has 1 rings (SSSR count). The summed E-state index contributed by atoms with van der Waals surface area (Å²) in [5.74, 6) is -1.00. The lowest BCUT2D eigenvalue weighted by Gasteiger charge is -2.27. The third-order valence-electron chi connectivity index (χ3n) is 3.18. The van der Waals surface area contributed by atoms with E-state index < -0.39 is 5.97 Å². The Morgan fingerprint density at radius 1 is 1.40 bits per heavy atom. The number of urea groups is 1. The maximum absolute atomic E-state index is 12.2. The highest BCUT2D eigenvalue weighted by molar-refractivity contribution is 9.10. The van der Waals surface area contributed by atoms with Crippen LogP contribution in [-0.2, 0) is 0 Å². The number of carbonyl (C=O) groups excluding carboxylic acids is 1. The second kappa shape index (κ2) is 7.28. The molecular formula is C14H19BrN2O3. The minimum atomic E-state index is -1.00. The Kier molecular flexibility index (Phi) is 6.01. The molecule has 0 fully saturated rings. The van der Waals surface area contributed by atoms with Crippen LogP contribution >= 0.6 is 15.9 Å². The van der Waals surface area contributed by atoms with Gasteiger partial charge in [-0.05, 0) is 54.4 Å². The Labute approximate surface area is 127 Å². The number of rotatable bonds is 5. The fraction of sp³-hybridized carbons (Fsp3) is 0.429. The van der Waals surface area contributed by atoms with Gasteiger partial charge in [-0.1, -0.05) is 6.92 Å². The van der Waals surface area contributed by atoms with Crippen molar-refractivity contribution in [3.8, 4) is 0 Å². The highest BCUT2D eigenvalue weighted by Crippen LogP contribution is 2.24. The lowest BCUT2D eigenvalue weighted by atomic mass is 10.2. The number of carboxylic acid groups (broad SMARTS) is 1. The van der Waals surface area contributed by atoms with Gasteiger partial charge in [0.25, 0.3) is 0 Å². The van der Waals surface area contributed by atoms with Crippen molar-refractivity contribution in [3.63, 3.8) is 0 Å². The molecule has 0 spiro atoms. The highest BCUT2D eigenvalue weighted by atomic mass is 79.9. The zero-order valence-electron chi connectivity index (χ0n) is 11.8. The molecule has 2 amide bonds. The summed E-state index contributed by atoms with van der Waals surface area (Å²) >= 11 is 3.27. The van der Waals surface area contributed by atoms with Crippen LogP contribution in [0.2, 0.25) is 0 Å². The first-order valence-corrected chi connectivity index (χ1v) is 7.30. The van der Waals surface area contributed by atoms with E-state index in [1.807, 2.05) is 20.8 Å². The van der Waals surface area contributed by atoms with E-state index in [2.05, 4.69) is 21.2 Å². The molecule has 1 unspecified atom stereocenters. The summed E-state index contributed by atoms with van der Waals surface area (Å²) in [6, 6.07) is 4.47. The van der Waals surface area contributed by atoms with E-state index in [1.54, 1.807) is 11.0 Å². The van der Waals surface area contributed by atoms with Crippen molar-refractivity contribution < 1.29 is 14.7 Å². The van der Waals surface area contributed by atoms with Gasteiger partial charge in [-0.2, -0.15) is 0 Å². The number of hydrogen-bond donors (Lipinski definition) is 2. The summed E-state index contributed by atoms with van der Waals surface area (Å²) < 4.78 is 0.547. The van der Waals surface area contributed by atoms with Crippen LogP contribution in [-0.4, -0.2) is 34.6 Å². The molecule has 0 radical (unpaired) electrons. The van der Waals surface area contributed by atoms with Gasteiger partial charge in [0.1, 0.15) is 0 Å². The molecule has 0 aliphatic rings. The Morgan fingerprint density at radius 3 is 2.50 bits per heavy atom. The summed E-state index contributed by atoms with van der Waals surface area (Å²) in [7, 11) is 0. The molecule has 6 heteroatoms. The third-order valence-corrected chi connectivity index (χ3v) is 3.84. The van der Waals surface area contributed by atoms with Crippen LogP contribution in [0.4, 0.5) is 10.5 Å². The van der Waals surface area contributed by atoms with Crippen LogP contribution in [0, 0.1) is 0 Å². The van der Waals surface area contributed by atoms with Crippen molar-refractivity contribution in [1.29, 1.82) is 0 Å². The number of anilines is 1. The molecule has 0 aromatic heterocycles. The molecule has 0 bridgehead atoms. The summed E-state index contributed by atoms with van der Waals surface area (Å²) in [4.78, 5) is 24.8. The molecule has 5 nitrogen and oxygen atoms in total. The standard InChI is InChI=1S/C14H19BrN2O3/c1-4-9(3)17(5-2)14(20)16-12-7-6-10(13(18)19)8-11(12)15/h6-9H,4-5H2,1-3H3,(H,16,20)(H,18,19). The van der Waals surface area contributed by atoms with Gasteiger partial charge in [0.15, 0.2) is 0 Å². The molecule has 1 aromatic carbocycles. The summed E-state index contributed by atoms with van der Waals surface area (Å²) in [5, 5.41) is 11.7. The summed E-state index contributed by atoms with van der Waals surface area (Å²) in [6.07, 6.45) is 0.875. The molecule has 110 valence electrons. The number of carboxylic acids is 1. The quantitative estimate of drug-likeness (QED) is 0.854. The molecule has 0 saturated heterocycles. The number of halogens is 1. The minimum Gasteiger partial charge on any atom is -0.478 e. The number of nitrogens with zero attached hydrogens (tertiary/aromatic N) is 1. The van der Waals surface area contributed by atoms with Gasteiger partial charge in [0.2, 0.25) is 0 Å². The molecule has 2 N–H and O–H groups in total. The van der Waals surface area contributed by atoms with Crippen LogP contribution in [0.3, 0.4) is 0 Å². The van der Waals surface area contributed by atoms with Crippen LogP contribution < -0.4 is 5.32 Å². The van der Waals surface area contributed by atoms with Gasteiger partial charge in [-0.15, -0.1) is 0 Å². The van der Waals surface area contributed by atoms with Crippen molar-refractivity contribution in [3.05, 3.63) is 28.2 Å². The highest BCUT2D eigenvalue weighted by Gasteiger charge is 2.18. The molecule has 0 aliphatic heterocycles. The number of benzene rings is 1. The van der Waals surface area contributed by atoms with Crippen LogP contribution in [0.25, 0.3) is 0 Å². The van der Waals surface area contributed by atoms with E-state index in [0.717, 1.165) is 6.42 Å². The summed E-state index contributed by atoms with van der Waals surface area (Å²) in [6.45, 7) is 6.56. The molecule has 20 heavy (non-hydrogen) atoms. The lowest BCUT2D eigenvalue weighted by Crippen LogP contribution is -2.41. The average Bonchev–Trinajstić information content (AvgIpc) is 2.41. The van der Waals surface area contributed by atoms with Crippen LogP contribution in [0.1, 0.15) is 37.6 Å².